The molecule has 1 aliphatic rings. The number of carbonyl (C=O) groups excluding carboxylic acids is 1. The van der Waals surface area contributed by atoms with Crippen LogP contribution in [0.2, 0.25) is 0 Å². The molecular weight excluding hydrogens is 236 g/mol. The van der Waals surface area contributed by atoms with Gasteiger partial charge in [0.05, 0.1) is 6.10 Å². The quantitative estimate of drug-likeness (QED) is 0.774. The number of hydrogen-bond donors (Lipinski definition) is 0. The summed E-state index contributed by atoms with van der Waals surface area (Å²) in [5.74, 6) is 0.192. The molecule has 0 spiro atoms. The van der Waals surface area contributed by atoms with Gasteiger partial charge in [0.25, 0.3) is 0 Å². The molecule has 1 atom stereocenters. The van der Waals surface area contributed by atoms with Crippen LogP contribution in [0.25, 0.3) is 10.8 Å². The van der Waals surface area contributed by atoms with Gasteiger partial charge in [0.15, 0.2) is 5.78 Å². The van der Waals surface area contributed by atoms with Gasteiger partial charge in [-0.05, 0) is 36.1 Å². The van der Waals surface area contributed by atoms with E-state index in [0.717, 1.165) is 30.4 Å². The maximum atomic E-state index is 12.3. The molecule has 2 nitrogen and oxygen atoms in total. The highest BCUT2D eigenvalue weighted by molar-refractivity contribution is 6.00. The van der Waals surface area contributed by atoms with Crippen molar-refractivity contribution in [3.63, 3.8) is 0 Å². The summed E-state index contributed by atoms with van der Waals surface area (Å²) in [6, 6.07) is 14.1. The summed E-state index contributed by atoms with van der Waals surface area (Å²) in [5.41, 5.74) is 0.799. The van der Waals surface area contributed by atoms with Gasteiger partial charge in [0.1, 0.15) is 0 Å². The molecule has 19 heavy (non-hydrogen) atoms. The summed E-state index contributed by atoms with van der Waals surface area (Å²) in [4.78, 5) is 12.3. The molecular formula is C17H18O2. The first-order valence-corrected chi connectivity index (χ1v) is 6.96. The molecule has 0 amide bonds. The molecule has 0 unspecified atom stereocenters. The van der Waals surface area contributed by atoms with Crippen molar-refractivity contribution in [2.75, 3.05) is 6.61 Å². The van der Waals surface area contributed by atoms with E-state index in [1.54, 1.807) is 0 Å². The van der Waals surface area contributed by atoms with Gasteiger partial charge in [0.2, 0.25) is 0 Å². The molecule has 3 rings (SSSR count). The Labute approximate surface area is 113 Å². The van der Waals surface area contributed by atoms with Crippen molar-refractivity contribution in [1.82, 2.24) is 0 Å². The summed E-state index contributed by atoms with van der Waals surface area (Å²) in [6.07, 6.45) is 3.95. The standard InChI is InChI=1S/C17H18O2/c18-17(12-16-7-3-4-10-19-16)15-9-8-13-5-1-2-6-14(13)11-15/h1-2,5-6,8-9,11,16H,3-4,7,10,12H2/t16-/m1/s1. The predicted molar refractivity (Wildman–Crippen MR) is 76.5 cm³/mol. The highest BCUT2D eigenvalue weighted by Gasteiger charge is 2.18. The van der Waals surface area contributed by atoms with Crippen LogP contribution in [-0.4, -0.2) is 18.5 Å². The predicted octanol–water partition coefficient (Wildman–Crippen LogP) is 3.98. The summed E-state index contributed by atoms with van der Waals surface area (Å²) in [6.45, 7) is 0.801. The van der Waals surface area contributed by atoms with Crippen molar-refractivity contribution in [3.8, 4) is 0 Å². The van der Waals surface area contributed by atoms with E-state index in [1.807, 2.05) is 36.4 Å². The van der Waals surface area contributed by atoms with Crippen molar-refractivity contribution in [1.29, 1.82) is 0 Å². The monoisotopic (exact) mass is 254 g/mol. The van der Waals surface area contributed by atoms with Crippen LogP contribution < -0.4 is 0 Å². The number of fused-ring (bicyclic) bond motifs is 1. The molecule has 0 N–H and O–H groups in total. The van der Waals surface area contributed by atoms with Crippen molar-refractivity contribution in [2.45, 2.75) is 31.8 Å². The summed E-state index contributed by atoms with van der Waals surface area (Å²) >= 11 is 0. The fourth-order valence-corrected chi connectivity index (χ4v) is 2.66. The zero-order chi connectivity index (χ0) is 13.1. The molecule has 1 aliphatic heterocycles. The van der Waals surface area contributed by atoms with Gasteiger partial charge in [-0.15, -0.1) is 0 Å². The third kappa shape index (κ3) is 2.85. The number of ketones is 1. The minimum Gasteiger partial charge on any atom is -0.378 e. The molecule has 2 heteroatoms. The van der Waals surface area contributed by atoms with E-state index in [2.05, 4.69) is 6.07 Å². The normalized spacial score (nSPS) is 19.5. The van der Waals surface area contributed by atoms with Crippen molar-refractivity contribution < 1.29 is 9.53 Å². The molecule has 98 valence electrons. The van der Waals surface area contributed by atoms with Crippen LogP contribution >= 0.6 is 0 Å². The van der Waals surface area contributed by atoms with Crippen LogP contribution in [0.5, 0.6) is 0 Å². The molecule has 0 aromatic heterocycles. The second-order valence-electron chi connectivity index (χ2n) is 5.18. The number of carbonyl (C=O) groups is 1. The number of rotatable bonds is 3. The lowest BCUT2D eigenvalue weighted by Gasteiger charge is -2.21. The molecule has 2 aromatic carbocycles. The molecule has 0 saturated carbocycles. The van der Waals surface area contributed by atoms with Crippen molar-refractivity contribution in [2.24, 2.45) is 0 Å². The summed E-state index contributed by atoms with van der Waals surface area (Å²) < 4.78 is 5.64. The molecule has 0 radical (unpaired) electrons. The van der Waals surface area contributed by atoms with Crippen LogP contribution in [0.3, 0.4) is 0 Å². The summed E-state index contributed by atoms with van der Waals surface area (Å²) in [7, 11) is 0. The number of hydrogen-bond acceptors (Lipinski definition) is 2. The summed E-state index contributed by atoms with van der Waals surface area (Å²) in [5, 5.41) is 2.30. The lowest BCUT2D eigenvalue weighted by atomic mass is 9.98. The van der Waals surface area contributed by atoms with Crippen LogP contribution in [0.4, 0.5) is 0 Å². The first kappa shape index (κ1) is 12.4. The average molecular weight is 254 g/mol. The Hall–Kier alpha value is -1.67. The lowest BCUT2D eigenvalue weighted by molar-refractivity contribution is 0.0129. The van der Waals surface area contributed by atoms with Crippen molar-refractivity contribution in [3.05, 3.63) is 48.0 Å². The molecule has 0 aliphatic carbocycles. The molecule has 2 aromatic rings. The SMILES string of the molecule is O=C(C[C@H]1CCCCO1)c1ccc2ccccc2c1. The van der Waals surface area contributed by atoms with Crippen molar-refractivity contribution >= 4 is 16.6 Å². The molecule has 0 bridgehead atoms. The number of ether oxygens (including phenoxy) is 1. The molecule has 1 saturated heterocycles. The van der Waals surface area contributed by atoms with E-state index in [9.17, 15) is 4.79 Å². The Morgan fingerprint density at radius 2 is 1.95 bits per heavy atom. The molecule has 1 heterocycles. The Balaban J connectivity index is 1.77. The van der Waals surface area contributed by atoms with Gasteiger partial charge >= 0.3 is 0 Å². The zero-order valence-electron chi connectivity index (χ0n) is 11.0. The minimum absolute atomic E-state index is 0.118. The first-order valence-electron chi connectivity index (χ1n) is 6.96. The van der Waals surface area contributed by atoms with Crippen LogP contribution in [-0.2, 0) is 4.74 Å². The average Bonchev–Trinajstić information content (AvgIpc) is 2.48. The second-order valence-corrected chi connectivity index (χ2v) is 5.18. The van der Waals surface area contributed by atoms with Gasteiger partial charge in [-0.2, -0.15) is 0 Å². The zero-order valence-corrected chi connectivity index (χ0v) is 11.0. The van der Waals surface area contributed by atoms with Crippen LogP contribution in [0, 0.1) is 0 Å². The smallest absolute Gasteiger partial charge is 0.165 e. The largest absolute Gasteiger partial charge is 0.378 e. The second kappa shape index (κ2) is 5.54. The van der Waals surface area contributed by atoms with E-state index < -0.39 is 0 Å². The van der Waals surface area contributed by atoms with Gasteiger partial charge in [-0.1, -0.05) is 36.4 Å². The van der Waals surface area contributed by atoms with E-state index in [0.29, 0.717) is 6.42 Å². The molecule has 1 fully saturated rings. The third-order valence-electron chi connectivity index (χ3n) is 3.76. The van der Waals surface area contributed by atoms with Gasteiger partial charge in [-0.3, -0.25) is 4.79 Å². The maximum absolute atomic E-state index is 12.3. The Morgan fingerprint density at radius 3 is 2.74 bits per heavy atom. The van der Waals surface area contributed by atoms with E-state index >= 15 is 0 Å². The first-order chi connectivity index (χ1) is 9.33. The third-order valence-corrected chi connectivity index (χ3v) is 3.76. The van der Waals surface area contributed by atoms with Gasteiger partial charge < -0.3 is 4.74 Å². The van der Waals surface area contributed by atoms with E-state index in [4.69, 9.17) is 4.74 Å². The maximum Gasteiger partial charge on any atom is 0.165 e. The lowest BCUT2D eigenvalue weighted by Crippen LogP contribution is -2.22. The van der Waals surface area contributed by atoms with Crippen LogP contribution in [0.1, 0.15) is 36.0 Å². The number of benzene rings is 2. The van der Waals surface area contributed by atoms with E-state index in [-0.39, 0.29) is 11.9 Å². The van der Waals surface area contributed by atoms with Gasteiger partial charge in [0, 0.05) is 18.6 Å². The highest BCUT2D eigenvalue weighted by Crippen LogP contribution is 2.20. The fraction of sp³-hybridized carbons (Fsp3) is 0.353. The highest BCUT2D eigenvalue weighted by atomic mass is 16.5. The van der Waals surface area contributed by atoms with Crippen LogP contribution in [0.15, 0.2) is 42.5 Å². The Morgan fingerprint density at radius 1 is 1.11 bits per heavy atom. The van der Waals surface area contributed by atoms with Gasteiger partial charge in [-0.25, -0.2) is 0 Å². The fourth-order valence-electron chi connectivity index (χ4n) is 2.66. The minimum atomic E-state index is 0.118. The number of Topliss-reactive ketones (excluding diaryl/α,β-unsaturated/α-hetero) is 1. The Kier molecular flexibility index (Phi) is 3.60. The topological polar surface area (TPSA) is 26.3 Å². The Bertz CT molecular complexity index is 583. The van der Waals surface area contributed by atoms with E-state index in [1.165, 1.54) is 11.8 Å².